The Labute approximate surface area is 187 Å². The van der Waals surface area contributed by atoms with Crippen LogP contribution in [0.15, 0.2) is 92.5 Å². The maximum Gasteiger partial charge on any atom is 0.108 e. The SMILES string of the molecule is Brc1cc(-c2c(Br)ccc3c4ccccc4n(-c4ccccc4)c23)cc(Br)n1. The van der Waals surface area contributed by atoms with Crippen LogP contribution >= 0.6 is 47.8 Å². The van der Waals surface area contributed by atoms with E-state index in [1.165, 1.54) is 21.8 Å². The van der Waals surface area contributed by atoms with Gasteiger partial charge in [-0.25, -0.2) is 4.98 Å². The van der Waals surface area contributed by atoms with Gasteiger partial charge in [-0.05, 0) is 73.8 Å². The molecule has 2 heterocycles. The van der Waals surface area contributed by atoms with E-state index in [9.17, 15) is 0 Å². The molecule has 2 aromatic heterocycles. The van der Waals surface area contributed by atoms with Crippen molar-refractivity contribution in [1.82, 2.24) is 9.55 Å². The summed E-state index contributed by atoms with van der Waals surface area (Å²) >= 11 is 10.9. The third-order valence-corrected chi connectivity index (χ3v) is 6.33. The molecule has 0 aliphatic heterocycles. The normalized spacial score (nSPS) is 11.4. The Balaban J connectivity index is 2.01. The lowest BCUT2D eigenvalue weighted by Crippen LogP contribution is -1.96. The molecule has 5 aromatic rings. The molecule has 0 unspecified atom stereocenters. The van der Waals surface area contributed by atoms with Crippen LogP contribution in [0.4, 0.5) is 0 Å². The molecule has 28 heavy (non-hydrogen) atoms. The molecular weight excluding hydrogens is 544 g/mol. The van der Waals surface area contributed by atoms with Crippen LogP contribution in [-0.2, 0) is 0 Å². The van der Waals surface area contributed by atoms with Crippen molar-refractivity contribution in [3.05, 3.63) is 92.5 Å². The fourth-order valence-electron chi connectivity index (χ4n) is 3.76. The quantitative estimate of drug-likeness (QED) is 0.201. The average Bonchev–Trinajstić information content (AvgIpc) is 3.02. The minimum absolute atomic E-state index is 0.795. The summed E-state index contributed by atoms with van der Waals surface area (Å²) in [6, 6.07) is 27.5. The van der Waals surface area contributed by atoms with Crippen molar-refractivity contribution in [2.45, 2.75) is 0 Å². The van der Waals surface area contributed by atoms with Gasteiger partial charge in [0.15, 0.2) is 0 Å². The van der Waals surface area contributed by atoms with Gasteiger partial charge in [0.2, 0.25) is 0 Å². The number of hydrogen-bond donors (Lipinski definition) is 0. The van der Waals surface area contributed by atoms with Gasteiger partial charge >= 0.3 is 0 Å². The zero-order chi connectivity index (χ0) is 19.3. The smallest absolute Gasteiger partial charge is 0.108 e. The number of pyridine rings is 1. The molecule has 5 heteroatoms. The van der Waals surface area contributed by atoms with Crippen molar-refractivity contribution in [3.8, 4) is 16.8 Å². The van der Waals surface area contributed by atoms with Crippen molar-refractivity contribution < 1.29 is 0 Å². The molecular formula is C23H13Br3N2. The van der Waals surface area contributed by atoms with Crippen LogP contribution in [0.3, 0.4) is 0 Å². The van der Waals surface area contributed by atoms with Crippen molar-refractivity contribution in [3.63, 3.8) is 0 Å². The first-order valence-electron chi connectivity index (χ1n) is 8.74. The van der Waals surface area contributed by atoms with Crippen LogP contribution < -0.4 is 0 Å². The molecule has 2 nitrogen and oxygen atoms in total. The standard InChI is InChI=1S/C23H13Br3N2/c24-18-11-10-17-16-8-4-5-9-19(16)28(15-6-2-1-3-7-15)23(17)22(18)14-12-20(25)27-21(26)13-14/h1-13H. The summed E-state index contributed by atoms with van der Waals surface area (Å²) in [5.74, 6) is 0. The third kappa shape index (κ3) is 2.93. The average molecular weight is 557 g/mol. The molecule has 0 aliphatic rings. The van der Waals surface area contributed by atoms with Gasteiger partial charge in [0.25, 0.3) is 0 Å². The fourth-order valence-corrected chi connectivity index (χ4v) is 5.42. The van der Waals surface area contributed by atoms with Gasteiger partial charge < -0.3 is 4.57 Å². The van der Waals surface area contributed by atoms with Gasteiger partial charge in [0.05, 0.1) is 11.0 Å². The highest BCUT2D eigenvalue weighted by molar-refractivity contribution is 9.11. The summed E-state index contributed by atoms with van der Waals surface area (Å²) in [6.45, 7) is 0. The van der Waals surface area contributed by atoms with E-state index in [0.717, 1.165) is 30.5 Å². The molecule has 0 saturated heterocycles. The molecule has 0 atom stereocenters. The van der Waals surface area contributed by atoms with Gasteiger partial charge in [0, 0.05) is 26.5 Å². The molecule has 0 saturated carbocycles. The molecule has 136 valence electrons. The number of hydrogen-bond acceptors (Lipinski definition) is 1. The summed E-state index contributed by atoms with van der Waals surface area (Å²) < 4.78 is 4.98. The second-order valence-electron chi connectivity index (χ2n) is 6.51. The van der Waals surface area contributed by atoms with Crippen LogP contribution in [0.5, 0.6) is 0 Å². The second kappa shape index (κ2) is 7.14. The molecule has 5 rings (SSSR count). The van der Waals surface area contributed by atoms with Gasteiger partial charge in [-0.2, -0.15) is 0 Å². The predicted molar refractivity (Wildman–Crippen MR) is 127 cm³/mol. The van der Waals surface area contributed by atoms with Crippen molar-refractivity contribution in [2.24, 2.45) is 0 Å². The summed E-state index contributed by atoms with van der Waals surface area (Å²) in [4.78, 5) is 4.40. The number of fused-ring (bicyclic) bond motifs is 3. The van der Waals surface area contributed by atoms with Crippen LogP contribution in [-0.4, -0.2) is 9.55 Å². The van der Waals surface area contributed by atoms with Crippen LogP contribution in [0.2, 0.25) is 0 Å². The number of halogens is 3. The Hall–Kier alpha value is -1.95. The summed E-state index contributed by atoms with van der Waals surface area (Å²) in [7, 11) is 0. The Kier molecular flexibility index (Phi) is 4.62. The molecule has 0 amide bonds. The zero-order valence-corrected chi connectivity index (χ0v) is 19.3. The van der Waals surface area contributed by atoms with Crippen LogP contribution in [0, 0.1) is 0 Å². The third-order valence-electron chi connectivity index (χ3n) is 4.85. The van der Waals surface area contributed by atoms with E-state index >= 15 is 0 Å². The number of rotatable bonds is 2. The fraction of sp³-hybridized carbons (Fsp3) is 0. The Morgan fingerprint density at radius 3 is 2.11 bits per heavy atom. The van der Waals surface area contributed by atoms with Gasteiger partial charge in [-0.3, -0.25) is 0 Å². The maximum atomic E-state index is 4.40. The van der Waals surface area contributed by atoms with Crippen LogP contribution in [0.1, 0.15) is 0 Å². The van der Waals surface area contributed by atoms with Crippen LogP contribution in [0.25, 0.3) is 38.6 Å². The Morgan fingerprint density at radius 2 is 1.36 bits per heavy atom. The highest BCUT2D eigenvalue weighted by Crippen LogP contribution is 2.42. The Bertz CT molecular complexity index is 1320. The lowest BCUT2D eigenvalue weighted by molar-refractivity contribution is 1.18. The summed E-state index contributed by atoms with van der Waals surface area (Å²) in [5.41, 5.74) is 5.73. The second-order valence-corrected chi connectivity index (χ2v) is 8.99. The van der Waals surface area contributed by atoms with E-state index in [-0.39, 0.29) is 0 Å². The lowest BCUT2D eigenvalue weighted by atomic mass is 10.0. The number of nitrogens with zero attached hydrogens (tertiary/aromatic N) is 2. The lowest BCUT2D eigenvalue weighted by Gasteiger charge is -2.13. The van der Waals surface area contributed by atoms with E-state index < -0.39 is 0 Å². The molecule has 0 N–H and O–H groups in total. The van der Waals surface area contributed by atoms with Gasteiger partial charge in [-0.1, -0.05) is 58.4 Å². The zero-order valence-electron chi connectivity index (χ0n) is 14.5. The molecule has 3 aromatic carbocycles. The summed E-state index contributed by atoms with van der Waals surface area (Å²) in [6.07, 6.45) is 0. The first-order chi connectivity index (χ1) is 13.6. The highest BCUT2D eigenvalue weighted by atomic mass is 79.9. The molecule has 0 spiro atoms. The molecule has 0 fully saturated rings. The first kappa shape index (κ1) is 18.1. The largest absolute Gasteiger partial charge is 0.309 e. The topological polar surface area (TPSA) is 17.8 Å². The highest BCUT2D eigenvalue weighted by Gasteiger charge is 2.19. The van der Waals surface area contributed by atoms with E-state index in [2.05, 4.69) is 130 Å². The van der Waals surface area contributed by atoms with E-state index in [1.807, 2.05) is 6.07 Å². The number of benzene rings is 3. The minimum atomic E-state index is 0.795. The van der Waals surface area contributed by atoms with Crippen molar-refractivity contribution >= 4 is 69.6 Å². The Morgan fingerprint density at radius 1 is 0.679 bits per heavy atom. The summed E-state index contributed by atoms with van der Waals surface area (Å²) in [5, 5.41) is 2.46. The van der Waals surface area contributed by atoms with Gasteiger partial charge in [0.1, 0.15) is 9.21 Å². The molecule has 0 radical (unpaired) electrons. The van der Waals surface area contributed by atoms with E-state index in [1.54, 1.807) is 0 Å². The number of para-hydroxylation sites is 2. The monoisotopic (exact) mass is 554 g/mol. The predicted octanol–water partition coefficient (Wildman–Crippen LogP) is 8.13. The molecule has 0 bridgehead atoms. The van der Waals surface area contributed by atoms with Gasteiger partial charge in [-0.15, -0.1) is 0 Å². The van der Waals surface area contributed by atoms with Crippen molar-refractivity contribution in [2.75, 3.05) is 0 Å². The van der Waals surface area contributed by atoms with Crippen molar-refractivity contribution in [1.29, 1.82) is 0 Å². The maximum absolute atomic E-state index is 4.40. The minimum Gasteiger partial charge on any atom is -0.309 e. The molecule has 0 aliphatic carbocycles. The number of aromatic nitrogens is 2. The first-order valence-corrected chi connectivity index (χ1v) is 11.1. The van der Waals surface area contributed by atoms with E-state index in [0.29, 0.717) is 0 Å². The van der Waals surface area contributed by atoms with E-state index in [4.69, 9.17) is 0 Å².